The zero-order valence-electron chi connectivity index (χ0n) is 20.1. The average molecular weight is 485 g/mol. The van der Waals surface area contributed by atoms with Crippen LogP contribution in [0.15, 0.2) is 73.1 Å². The van der Waals surface area contributed by atoms with Crippen LogP contribution in [-0.2, 0) is 20.9 Å². The zero-order valence-corrected chi connectivity index (χ0v) is 20.1. The molecular weight excluding hydrogens is 456 g/mol. The maximum Gasteiger partial charge on any atom is 0.249 e. The first-order valence-corrected chi connectivity index (χ1v) is 12.1. The van der Waals surface area contributed by atoms with Gasteiger partial charge in [-0.15, -0.1) is 5.10 Å². The Morgan fingerprint density at radius 3 is 2.67 bits per heavy atom. The van der Waals surface area contributed by atoms with Gasteiger partial charge in [0.1, 0.15) is 18.1 Å². The van der Waals surface area contributed by atoms with Crippen LogP contribution >= 0.6 is 0 Å². The van der Waals surface area contributed by atoms with E-state index in [9.17, 15) is 9.59 Å². The molecular formula is C27H28N6O3. The van der Waals surface area contributed by atoms with E-state index in [1.165, 1.54) is 0 Å². The summed E-state index contributed by atoms with van der Waals surface area (Å²) in [6.45, 7) is 2.95. The number of carbonyl (C=O) groups is 2. The summed E-state index contributed by atoms with van der Waals surface area (Å²) in [6.07, 6.45) is 5.12. The number of pyridine rings is 1. The molecule has 4 aromatic rings. The number of ether oxygens (including phenoxy) is 1. The summed E-state index contributed by atoms with van der Waals surface area (Å²) in [4.78, 5) is 33.4. The van der Waals surface area contributed by atoms with Gasteiger partial charge in [0.25, 0.3) is 0 Å². The molecule has 1 fully saturated rings. The van der Waals surface area contributed by atoms with Crippen molar-refractivity contribution in [2.24, 2.45) is 0 Å². The molecule has 2 amide bonds. The van der Waals surface area contributed by atoms with Gasteiger partial charge in [-0.1, -0.05) is 35.5 Å². The molecule has 184 valence electrons. The second-order valence-electron chi connectivity index (χ2n) is 8.85. The summed E-state index contributed by atoms with van der Waals surface area (Å²) in [5, 5.41) is 11.4. The molecule has 0 spiro atoms. The van der Waals surface area contributed by atoms with Crippen LogP contribution in [0.4, 0.5) is 5.69 Å². The van der Waals surface area contributed by atoms with E-state index in [0.29, 0.717) is 29.9 Å². The molecule has 36 heavy (non-hydrogen) atoms. The lowest BCUT2D eigenvalue weighted by Crippen LogP contribution is -2.47. The van der Waals surface area contributed by atoms with E-state index in [2.05, 4.69) is 20.6 Å². The first kappa shape index (κ1) is 23.6. The molecule has 0 saturated carbocycles. The van der Waals surface area contributed by atoms with Crippen LogP contribution in [-0.4, -0.2) is 51.0 Å². The van der Waals surface area contributed by atoms with Gasteiger partial charge in [-0.05, 0) is 61.2 Å². The Labute approximate surface area is 209 Å². The minimum Gasteiger partial charge on any atom is -0.376 e. The van der Waals surface area contributed by atoms with Crippen LogP contribution in [0, 0.1) is 6.92 Å². The van der Waals surface area contributed by atoms with E-state index < -0.39 is 6.04 Å². The van der Waals surface area contributed by atoms with Crippen molar-refractivity contribution in [2.45, 2.75) is 38.5 Å². The van der Waals surface area contributed by atoms with Crippen LogP contribution in [0.5, 0.6) is 0 Å². The van der Waals surface area contributed by atoms with Crippen LogP contribution in [0.1, 0.15) is 30.0 Å². The zero-order chi connectivity index (χ0) is 24.9. The number of aryl methyl sites for hydroxylation is 1. The highest BCUT2D eigenvalue weighted by Crippen LogP contribution is 2.31. The first-order valence-electron chi connectivity index (χ1n) is 12.1. The third-order valence-electron chi connectivity index (χ3n) is 6.41. The van der Waals surface area contributed by atoms with Crippen molar-refractivity contribution >= 4 is 28.5 Å². The largest absolute Gasteiger partial charge is 0.376 e. The Kier molecular flexibility index (Phi) is 6.99. The van der Waals surface area contributed by atoms with Gasteiger partial charge in [-0.25, -0.2) is 4.68 Å². The number of hydrogen-bond acceptors (Lipinski definition) is 6. The smallest absolute Gasteiger partial charge is 0.249 e. The number of carbonyl (C=O) groups excluding carboxylic acids is 2. The number of para-hydroxylation sites is 2. The summed E-state index contributed by atoms with van der Waals surface area (Å²) in [5.74, 6) is -0.564. The number of benzene rings is 2. The molecule has 2 aromatic carbocycles. The fourth-order valence-corrected chi connectivity index (χ4v) is 4.57. The predicted octanol–water partition coefficient (Wildman–Crippen LogP) is 3.20. The number of anilines is 1. The van der Waals surface area contributed by atoms with E-state index in [1.54, 1.807) is 34.1 Å². The van der Waals surface area contributed by atoms with Crippen molar-refractivity contribution in [3.8, 4) is 0 Å². The molecule has 2 atom stereocenters. The second-order valence-corrected chi connectivity index (χ2v) is 8.85. The highest BCUT2D eigenvalue weighted by molar-refractivity contribution is 6.02. The summed E-state index contributed by atoms with van der Waals surface area (Å²) in [6, 6.07) is 17.6. The van der Waals surface area contributed by atoms with Crippen LogP contribution in [0.2, 0.25) is 0 Å². The molecule has 3 heterocycles. The molecule has 0 bridgehead atoms. The van der Waals surface area contributed by atoms with Gasteiger partial charge in [0.05, 0.1) is 11.6 Å². The molecule has 5 rings (SSSR count). The lowest BCUT2D eigenvalue weighted by molar-refractivity contribution is -0.127. The fourth-order valence-electron chi connectivity index (χ4n) is 4.57. The van der Waals surface area contributed by atoms with Gasteiger partial charge in [0.15, 0.2) is 0 Å². The molecule has 0 unspecified atom stereocenters. The SMILES string of the molecule is Cc1ccccc1N(C(=O)Cn1nnc2ccccc21)[C@H](C(=O)NC[C@@H]1CCCO1)c1ccncc1. The maximum atomic E-state index is 14.0. The fraction of sp³-hybridized carbons (Fsp3) is 0.296. The lowest BCUT2D eigenvalue weighted by atomic mass is 10.0. The molecule has 1 N–H and O–H groups in total. The molecule has 9 nitrogen and oxygen atoms in total. The van der Waals surface area contributed by atoms with Crippen molar-refractivity contribution in [1.29, 1.82) is 0 Å². The van der Waals surface area contributed by atoms with Crippen LogP contribution in [0.25, 0.3) is 11.0 Å². The van der Waals surface area contributed by atoms with Crippen molar-refractivity contribution < 1.29 is 14.3 Å². The Hall–Kier alpha value is -4.11. The minimum absolute atomic E-state index is 0.0174. The summed E-state index contributed by atoms with van der Waals surface area (Å²) >= 11 is 0. The summed E-state index contributed by atoms with van der Waals surface area (Å²) < 4.78 is 7.25. The molecule has 1 aliphatic rings. The Morgan fingerprint density at radius 1 is 1.11 bits per heavy atom. The standard InChI is InChI=1S/C27H28N6O3/c1-19-7-2-4-10-23(19)33(25(34)18-32-24-11-5-3-9-22(24)30-31-32)26(20-12-14-28-15-13-20)27(35)29-17-21-8-6-16-36-21/h2-5,7,9-15,21,26H,6,8,16-18H2,1H3,(H,29,35)/t21-,26-/m0/s1. The van der Waals surface area contributed by atoms with Crippen molar-refractivity contribution in [3.05, 3.63) is 84.2 Å². The first-order chi connectivity index (χ1) is 17.6. The number of rotatable bonds is 8. The van der Waals surface area contributed by atoms with Crippen LogP contribution in [0.3, 0.4) is 0 Å². The number of amides is 2. The lowest BCUT2D eigenvalue weighted by Gasteiger charge is -2.32. The van der Waals surface area contributed by atoms with E-state index in [1.807, 2.05) is 55.5 Å². The highest BCUT2D eigenvalue weighted by Gasteiger charge is 2.34. The van der Waals surface area contributed by atoms with Gasteiger partial charge in [0.2, 0.25) is 11.8 Å². The molecule has 1 aliphatic heterocycles. The monoisotopic (exact) mass is 484 g/mol. The van der Waals surface area contributed by atoms with Gasteiger partial charge in [-0.3, -0.25) is 19.5 Å². The van der Waals surface area contributed by atoms with Gasteiger partial charge < -0.3 is 10.1 Å². The molecule has 2 aromatic heterocycles. The predicted molar refractivity (Wildman–Crippen MR) is 135 cm³/mol. The number of nitrogens with one attached hydrogen (secondary N) is 1. The number of nitrogens with zero attached hydrogens (tertiary/aromatic N) is 5. The molecule has 9 heteroatoms. The molecule has 0 radical (unpaired) electrons. The third-order valence-corrected chi connectivity index (χ3v) is 6.41. The number of fused-ring (bicyclic) bond motifs is 1. The summed E-state index contributed by atoms with van der Waals surface area (Å²) in [7, 11) is 0. The minimum atomic E-state index is -0.905. The van der Waals surface area contributed by atoms with Gasteiger partial charge in [0, 0.05) is 31.2 Å². The van der Waals surface area contributed by atoms with Crippen molar-refractivity contribution in [1.82, 2.24) is 25.3 Å². The number of hydrogen-bond donors (Lipinski definition) is 1. The Bertz CT molecular complexity index is 1350. The van der Waals surface area contributed by atoms with Gasteiger partial charge in [-0.2, -0.15) is 0 Å². The average Bonchev–Trinajstić information content (AvgIpc) is 3.57. The molecule has 1 saturated heterocycles. The van der Waals surface area contributed by atoms with Crippen LogP contribution < -0.4 is 10.2 Å². The second kappa shape index (κ2) is 10.7. The Morgan fingerprint density at radius 2 is 1.89 bits per heavy atom. The Balaban J connectivity index is 1.53. The number of aromatic nitrogens is 4. The quantitative estimate of drug-likeness (QED) is 0.412. The van der Waals surface area contributed by atoms with Crippen molar-refractivity contribution in [3.63, 3.8) is 0 Å². The van der Waals surface area contributed by atoms with Gasteiger partial charge >= 0.3 is 0 Å². The highest BCUT2D eigenvalue weighted by atomic mass is 16.5. The topological polar surface area (TPSA) is 102 Å². The summed E-state index contributed by atoms with van der Waals surface area (Å²) in [5.41, 5.74) is 3.64. The maximum absolute atomic E-state index is 14.0. The van der Waals surface area contributed by atoms with E-state index in [4.69, 9.17) is 4.74 Å². The van der Waals surface area contributed by atoms with E-state index in [0.717, 1.165) is 23.9 Å². The normalized spacial score (nSPS) is 16.1. The molecule has 0 aliphatic carbocycles. The van der Waals surface area contributed by atoms with Crippen molar-refractivity contribution in [2.75, 3.05) is 18.1 Å². The van der Waals surface area contributed by atoms with E-state index in [-0.39, 0.29) is 24.5 Å². The van der Waals surface area contributed by atoms with E-state index >= 15 is 0 Å². The third kappa shape index (κ3) is 4.96.